The topological polar surface area (TPSA) is 32.3 Å². The van der Waals surface area contributed by atoms with Gasteiger partial charge in [0.1, 0.15) is 17.3 Å². The number of anilines is 1. The molecule has 1 aliphatic rings. The van der Waals surface area contributed by atoms with Crippen LogP contribution in [0, 0.1) is 0 Å². The molecule has 5 heteroatoms. The van der Waals surface area contributed by atoms with Crippen LogP contribution in [0.15, 0.2) is 6.33 Å². The van der Waals surface area contributed by atoms with Gasteiger partial charge in [0.05, 0.1) is 0 Å². The highest BCUT2D eigenvalue weighted by Gasteiger charge is 2.20. The van der Waals surface area contributed by atoms with Crippen molar-refractivity contribution < 1.29 is 0 Å². The molecule has 0 bridgehead atoms. The second-order valence-corrected chi connectivity index (χ2v) is 5.56. The van der Waals surface area contributed by atoms with Crippen molar-refractivity contribution in [1.82, 2.24) is 14.9 Å². The molecule has 0 spiro atoms. The third kappa shape index (κ3) is 2.93. The zero-order valence-corrected chi connectivity index (χ0v) is 12.1. The minimum Gasteiger partial charge on any atom is -0.355 e. The van der Waals surface area contributed by atoms with Crippen LogP contribution in [-0.2, 0) is 0 Å². The molecular weight excluding hydrogens is 248 g/mol. The fourth-order valence-corrected chi connectivity index (χ4v) is 2.72. The van der Waals surface area contributed by atoms with Gasteiger partial charge in [-0.2, -0.15) is 0 Å². The largest absolute Gasteiger partial charge is 0.355 e. The third-order valence-corrected chi connectivity index (χ3v) is 3.71. The lowest BCUT2D eigenvalue weighted by molar-refractivity contribution is 0.360. The van der Waals surface area contributed by atoms with E-state index in [0.29, 0.717) is 11.1 Å². The average molecular weight is 269 g/mol. The van der Waals surface area contributed by atoms with Gasteiger partial charge < -0.3 is 9.80 Å². The van der Waals surface area contributed by atoms with E-state index in [4.69, 9.17) is 11.6 Å². The van der Waals surface area contributed by atoms with E-state index < -0.39 is 0 Å². The first kappa shape index (κ1) is 13.6. The Morgan fingerprint density at radius 3 is 2.67 bits per heavy atom. The van der Waals surface area contributed by atoms with Crippen LogP contribution in [0.2, 0.25) is 5.15 Å². The summed E-state index contributed by atoms with van der Waals surface area (Å²) in [5.41, 5.74) is 1.07. The van der Waals surface area contributed by atoms with Gasteiger partial charge in [0.25, 0.3) is 0 Å². The van der Waals surface area contributed by atoms with Crippen LogP contribution >= 0.6 is 11.6 Å². The van der Waals surface area contributed by atoms with E-state index in [1.807, 2.05) is 0 Å². The molecule has 2 rings (SSSR count). The molecule has 0 aromatic carbocycles. The first-order valence-corrected chi connectivity index (χ1v) is 6.91. The number of nitrogens with zero attached hydrogens (tertiary/aromatic N) is 4. The highest BCUT2D eigenvalue weighted by Crippen LogP contribution is 2.30. The van der Waals surface area contributed by atoms with Gasteiger partial charge in [0.15, 0.2) is 0 Å². The van der Waals surface area contributed by atoms with Crippen molar-refractivity contribution in [3.63, 3.8) is 0 Å². The van der Waals surface area contributed by atoms with Gasteiger partial charge in [0.2, 0.25) is 0 Å². The zero-order chi connectivity index (χ0) is 13.1. The van der Waals surface area contributed by atoms with Gasteiger partial charge in [-0.15, -0.1) is 0 Å². The number of aromatic nitrogens is 2. The molecule has 0 amide bonds. The Balaban J connectivity index is 2.29. The van der Waals surface area contributed by atoms with Gasteiger partial charge in [-0.1, -0.05) is 25.4 Å². The lowest BCUT2D eigenvalue weighted by Crippen LogP contribution is -2.30. The number of hydrogen-bond acceptors (Lipinski definition) is 4. The lowest BCUT2D eigenvalue weighted by Gasteiger charge is -2.25. The van der Waals surface area contributed by atoms with Crippen LogP contribution in [-0.4, -0.2) is 48.1 Å². The summed E-state index contributed by atoms with van der Waals surface area (Å²) in [7, 11) is 2.17. The van der Waals surface area contributed by atoms with E-state index in [1.54, 1.807) is 6.33 Å². The molecule has 0 atom stereocenters. The Kier molecular flexibility index (Phi) is 4.40. The molecule has 1 saturated heterocycles. The predicted molar refractivity (Wildman–Crippen MR) is 75.5 cm³/mol. The highest BCUT2D eigenvalue weighted by atomic mass is 35.5. The maximum Gasteiger partial charge on any atom is 0.138 e. The highest BCUT2D eigenvalue weighted by molar-refractivity contribution is 6.30. The number of hydrogen-bond donors (Lipinski definition) is 0. The van der Waals surface area contributed by atoms with E-state index in [-0.39, 0.29) is 0 Å². The standard InChI is InChI=1S/C13H21ClN4/c1-10(2)11-12(14)15-9-16-13(11)18-6-4-5-17(3)7-8-18/h9-10H,4-8H2,1-3H3. The third-order valence-electron chi connectivity index (χ3n) is 3.41. The normalized spacial score (nSPS) is 18.2. The molecular formula is C13H21ClN4. The Hall–Kier alpha value is -0.870. The Labute approximate surface area is 114 Å². The molecule has 0 aliphatic carbocycles. The molecule has 4 nitrogen and oxygen atoms in total. The minimum absolute atomic E-state index is 0.342. The Bertz CT molecular complexity index is 408. The molecule has 1 aliphatic heterocycles. The van der Waals surface area contributed by atoms with Crippen molar-refractivity contribution in [3.8, 4) is 0 Å². The van der Waals surface area contributed by atoms with E-state index >= 15 is 0 Å². The summed E-state index contributed by atoms with van der Waals surface area (Å²) in [6.07, 6.45) is 2.73. The molecule has 2 heterocycles. The summed E-state index contributed by atoms with van der Waals surface area (Å²) < 4.78 is 0. The van der Waals surface area contributed by atoms with Crippen LogP contribution in [0.25, 0.3) is 0 Å². The molecule has 18 heavy (non-hydrogen) atoms. The van der Waals surface area contributed by atoms with Crippen molar-refractivity contribution >= 4 is 17.4 Å². The van der Waals surface area contributed by atoms with E-state index in [0.717, 1.165) is 44.0 Å². The van der Waals surface area contributed by atoms with Crippen molar-refractivity contribution in [3.05, 3.63) is 17.0 Å². The van der Waals surface area contributed by atoms with Crippen LogP contribution in [0.3, 0.4) is 0 Å². The smallest absolute Gasteiger partial charge is 0.138 e. The van der Waals surface area contributed by atoms with Gasteiger partial charge >= 0.3 is 0 Å². The second kappa shape index (κ2) is 5.85. The van der Waals surface area contributed by atoms with Gasteiger partial charge in [-0.25, -0.2) is 9.97 Å². The summed E-state index contributed by atoms with van der Waals surface area (Å²) >= 11 is 6.22. The van der Waals surface area contributed by atoms with Gasteiger partial charge in [-0.05, 0) is 25.9 Å². The minimum atomic E-state index is 0.342. The average Bonchev–Trinajstić information content (AvgIpc) is 2.53. The van der Waals surface area contributed by atoms with Gasteiger partial charge in [0, 0.05) is 25.2 Å². The summed E-state index contributed by atoms with van der Waals surface area (Å²) in [4.78, 5) is 13.3. The van der Waals surface area contributed by atoms with Crippen molar-refractivity contribution in [2.45, 2.75) is 26.2 Å². The molecule has 0 radical (unpaired) electrons. The monoisotopic (exact) mass is 268 g/mol. The van der Waals surface area contributed by atoms with E-state index in [1.165, 1.54) is 0 Å². The van der Waals surface area contributed by atoms with Crippen molar-refractivity contribution in [2.24, 2.45) is 0 Å². The lowest BCUT2D eigenvalue weighted by atomic mass is 10.1. The SMILES string of the molecule is CC(C)c1c(Cl)ncnc1N1CCCN(C)CC1. The number of likely N-dealkylation sites (N-methyl/N-ethyl adjacent to an activating group) is 1. The number of halogens is 1. The quantitative estimate of drug-likeness (QED) is 0.771. The van der Waals surface area contributed by atoms with Crippen LogP contribution < -0.4 is 4.90 Å². The molecule has 100 valence electrons. The Morgan fingerprint density at radius 1 is 1.17 bits per heavy atom. The molecule has 1 aromatic heterocycles. The first-order chi connectivity index (χ1) is 8.59. The van der Waals surface area contributed by atoms with Crippen LogP contribution in [0.5, 0.6) is 0 Å². The maximum atomic E-state index is 6.22. The summed E-state index contributed by atoms with van der Waals surface area (Å²) in [5, 5.41) is 0.590. The first-order valence-electron chi connectivity index (χ1n) is 6.53. The fraction of sp³-hybridized carbons (Fsp3) is 0.692. The summed E-state index contributed by atoms with van der Waals surface area (Å²) in [5.74, 6) is 1.36. The van der Waals surface area contributed by atoms with Crippen LogP contribution in [0.4, 0.5) is 5.82 Å². The van der Waals surface area contributed by atoms with E-state index in [2.05, 4.69) is 40.7 Å². The molecule has 0 N–H and O–H groups in total. The van der Waals surface area contributed by atoms with Crippen molar-refractivity contribution in [1.29, 1.82) is 0 Å². The maximum absolute atomic E-state index is 6.22. The summed E-state index contributed by atoms with van der Waals surface area (Å²) in [6.45, 7) is 8.53. The molecule has 1 fully saturated rings. The van der Waals surface area contributed by atoms with Crippen LogP contribution in [0.1, 0.15) is 31.7 Å². The van der Waals surface area contributed by atoms with Crippen molar-refractivity contribution in [2.75, 3.05) is 38.1 Å². The van der Waals surface area contributed by atoms with E-state index in [9.17, 15) is 0 Å². The molecule has 0 unspecified atom stereocenters. The molecule has 0 saturated carbocycles. The second-order valence-electron chi connectivity index (χ2n) is 5.20. The Morgan fingerprint density at radius 2 is 1.94 bits per heavy atom. The summed E-state index contributed by atoms with van der Waals surface area (Å²) in [6, 6.07) is 0. The van der Waals surface area contributed by atoms with Gasteiger partial charge in [-0.3, -0.25) is 0 Å². The zero-order valence-electron chi connectivity index (χ0n) is 11.4. The number of rotatable bonds is 2. The molecule has 1 aromatic rings. The predicted octanol–water partition coefficient (Wildman–Crippen LogP) is 2.40. The fourth-order valence-electron chi connectivity index (χ4n) is 2.37.